The number of aryl methyl sites for hydroxylation is 1. The zero-order valence-corrected chi connectivity index (χ0v) is 11.1. The molecule has 0 radical (unpaired) electrons. The van der Waals surface area contributed by atoms with Gasteiger partial charge in [-0.1, -0.05) is 0 Å². The van der Waals surface area contributed by atoms with Gasteiger partial charge in [-0.05, 0) is 36.3 Å². The van der Waals surface area contributed by atoms with Gasteiger partial charge in [-0.25, -0.2) is 0 Å². The van der Waals surface area contributed by atoms with Crippen molar-refractivity contribution in [2.75, 3.05) is 27.9 Å². The number of nitriles is 1. The molecule has 0 aliphatic rings. The van der Waals surface area contributed by atoms with Crippen molar-refractivity contribution in [1.29, 1.82) is 5.26 Å². The van der Waals surface area contributed by atoms with E-state index < -0.39 is 0 Å². The van der Waals surface area contributed by atoms with E-state index in [1.165, 1.54) is 0 Å². The molecule has 96 valence electrons. The van der Waals surface area contributed by atoms with Gasteiger partial charge in [0.15, 0.2) is 11.5 Å². The maximum absolute atomic E-state index is 8.98. The van der Waals surface area contributed by atoms with Crippen LogP contribution >= 0.6 is 0 Å². The molecule has 0 amide bonds. The van der Waals surface area contributed by atoms with Gasteiger partial charge >= 0.3 is 0 Å². The van der Waals surface area contributed by atoms with Gasteiger partial charge in [0.1, 0.15) is 0 Å². The minimum absolute atomic E-state index is 0.296. The summed E-state index contributed by atoms with van der Waals surface area (Å²) in [6, 6.07) is 5.84. The molecule has 1 rings (SSSR count). The van der Waals surface area contributed by atoms with Crippen molar-refractivity contribution in [2.45, 2.75) is 6.92 Å². The summed E-state index contributed by atoms with van der Waals surface area (Å²) in [7, 11) is 4.74. The number of hydrogen-bond acceptors (Lipinski definition) is 4. The lowest BCUT2D eigenvalue weighted by molar-refractivity contribution is 0.229. The second kappa shape index (κ2) is 6.67. The van der Waals surface area contributed by atoms with Gasteiger partial charge in [-0.3, -0.25) is 0 Å². The van der Waals surface area contributed by atoms with Crippen LogP contribution in [-0.4, -0.2) is 27.9 Å². The molecule has 1 aromatic carbocycles. The topological polar surface area (TPSA) is 51.5 Å². The molecule has 0 bridgehead atoms. The lowest BCUT2D eigenvalue weighted by Gasteiger charge is -2.11. The Bertz CT molecular complexity index is 487. The quantitative estimate of drug-likeness (QED) is 0.750. The minimum atomic E-state index is 0.296. The summed E-state index contributed by atoms with van der Waals surface area (Å²) in [6.45, 7) is 2.25. The smallest absolute Gasteiger partial charge is 0.161 e. The van der Waals surface area contributed by atoms with Crippen molar-refractivity contribution in [3.63, 3.8) is 0 Å². The number of methoxy groups -OCH3 is 3. The third kappa shape index (κ3) is 3.25. The van der Waals surface area contributed by atoms with E-state index in [2.05, 4.69) is 6.07 Å². The van der Waals surface area contributed by atoms with E-state index in [1.807, 2.05) is 19.1 Å². The molecule has 0 spiro atoms. The van der Waals surface area contributed by atoms with E-state index in [0.29, 0.717) is 23.7 Å². The van der Waals surface area contributed by atoms with Crippen LogP contribution in [0.25, 0.3) is 6.08 Å². The molecule has 4 heteroatoms. The summed E-state index contributed by atoms with van der Waals surface area (Å²) < 4.78 is 15.4. The predicted molar refractivity (Wildman–Crippen MR) is 69.7 cm³/mol. The molecule has 0 saturated carbocycles. The fourth-order valence-electron chi connectivity index (χ4n) is 1.60. The Hall–Kier alpha value is -1.99. The molecule has 0 aliphatic heterocycles. The summed E-state index contributed by atoms with van der Waals surface area (Å²) in [5.41, 5.74) is 2.49. The van der Waals surface area contributed by atoms with Gasteiger partial charge in [0.25, 0.3) is 0 Å². The molecule has 0 saturated heterocycles. The largest absolute Gasteiger partial charge is 0.493 e. The van der Waals surface area contributed by atoms with Gasteiger partial charge in [0, 0.05) is 7.11 Å². The molecule has 4 nitrogen and oxygen atoms in total. The maximum Gasteiger partial charge on any atom is 0.161 e. The molecule has 0 fully saturated rings. The van der Waals surface area contributed by atoms with Gasteiger partial charge in [-0.2, -0.15) is 5.26 Å². The minimum Gasteiger partial charge on any atom is -0.493 e. The summed E-state index contributed by atoms with van der Waals surface area (Å²) in [6.07, 6.45) is 1.79. The average Bonchev–Trinajstić information content (AvgIpc) is 2.39. The molecule has 0 N–H and O–H groups in total. The second-order valence-electron chi connectivity index (χ2n) is 3.78. The van der Waals surface area contributed by atoms with E-state index in [1.54, 1.807) is 27.4 Å². The van der Waals surface area contributed by atoms with E-state index in [9.17, 15) is 0 Å². The molecule has 0 unspecified atom stereocenters. The van der Waals surface area contributed by atoms with Crippen molar-refractivity contribution in [3.05, 3.63) is 28.8 Å². The lowest BCUT2D eigenvalue weighted by Crippen LogP contribution is -1.95. The van der Waals surface area contributed by atoms with Crippen LogP contribution < -0.4 is 9.47 Å². The van der Waals surface area contributed by atoms with Gasteiger partial charge in [0.05, 0.1) is 32.5 Å². The van der Waals surface area contributed by atoms with E-state index in [0.717, 1.165) is 11.1 Å². The monoisotopic (exact) mass is 247 g/mol. The Morgan fingerprint density at radius 3 is 2.33 bits per heavy atom. The zero-order valence-electron chi connectivity index (χ0n) is 11.1. The first kappa shape index (κ1) is 14.1. The summed E-state index contributed by atoms with van der Waals surface area (Å²) >= 11 is 0. The SMILES string of the molecule is COCC(C#N)=Cc1cc(OC)c(OC)cc1C. The highest BCUT2D eigenvalue weighted by atomic mass is 16.5. The van der Waals surface area contributed by atoms with Crippen molar-refractivity contribution >= 4 is 6.08 Å². The highest BCUT2D eigenvalue weighted by Crippen LogP contribution is 2.31. The number of nitrogens with zero attached hydrogens (tertiary/aromatic N) is 1. The first-order valence-electron chi connectivity index (χ1n) is 5.48. The average molecular weight is 247 g/mol. The molecule has 18 heavy (non-hydrogen) atoms. The van der Waals surface area contributed by atoms with E-state index in [4.69, 9.17) is 19.5 Å². The molecule has 0 heterocycles. The van der Waals surface area contributed by atoms with Crippen molar-refractivity contribution < 1.29 is 14.2 Å². The number of rotatable bonds is 5. The van der Waals surface area contributed by atoms with Gasteiger partial charge < -0.3 is 14.2 Å². The fraction of sp³-hybridized carbons (Fsp3) is 0.357. The van der Waals surface area contributed by atoms with Gasteiger partial charge in [-0.15, -0.1) is 0 Å². The predicted octanol–water partition coefficient (Wildman–Crippen LogP) is 2.57. The summed E-state index contributed by atoms with van der Waals surface area (Å²) in [5, 5.41) is 8.98. The second-order valence-corrected chi connectivity index (χ2v) is 3.78. The van der Waals surface area contributed by atoms with Crippen LogP contribution in [0, 0.1) is 18.3 Å². The molecule has 0 atom stereocenters. The Morgan fingerprint density at radius 2 is 1.83 bits per heavy atom. The molecule has 1 aromatic rings. The van der Waals surface area contributed by atoms with Crippen LogP contribution in [0.1, 0.15) is 11.1 Å². The van der Waals surface area contributed by atoms with Crippen LogP contribution in [0.5, 0.6) is 11.5 Å². The summed E-state index contributed by atoms with van der Waals surface area (Å²) in [5.74, 6) is 1.32. The lowest BCUT2D eigenvalue weighted by atomic mass is 10.0. The Labute approximate surface area is 107 Å². The Balaban J connectivity index is 3.21. The zero-order chi connectivity index (χ0) is 13.5. The molecular formula is C14H17NO3. The molecule has 0 aliphatic carbocycles. The fourth-order valence-corrected chi connectivity index (χ4v) is 1.60. The highest BCUT2D eigenvalue weighted by molar-refractivity contribution is 5.64. The molecular weight excluding hydrogens is 230 g/mol. The number of hydrogen-bond donors (Lipinski definition) is 0. The van der Waals surface area contributed by atoms with Crippen LogP contribution in [0.2, 0.25) is 0 Å². The standard InChI is InChI=1S/C14H17NO3/c1-10-5-13(17-3)14(18-4)7-12(10)6-11(8-15)9-16-2/h5-7H,9H2,1-4H3. The normalized spacial score (nSPS) is 10.9. The Morgan fingerprint density at radius 1 is 1.22 bits per heavy atom. The maximum atomic E-state index is 8.98. The third-order valence-corrected chi connectivity index (χ3v) is 2.55. The number of benzene rings is 1. The highest BCUT2D eigenvalue weighted by Gasteiger charge is 2.08. The third-order valence-electron chi connectivity index (χ3n) is 2.55. The Kier molecular flexibility index (Phi) is 5.22. The first-order valence-corrected chi connectivity index (χ1v) is 5.48. The first-order chi connectivity index (χ1) is 8.65. The van der Waals surface area contributed by atoms with Crippen LogP contribution in [0.4, 0.5) is 0 Å². The van der Waals surface area contributed by atoms with E-state index in [-0.39, 0.29) is 0 Å². The number of ether oxygens (including phenoxy) is 3. The summed E-state index contributed by atoms with van der Waals surface area (Å²) in [4.78, 5) is 0. The van der Waals surface area contributed by atoms with Gasteiger partial charge in [0.2, 0.25) is 0 Å². The van der Waals surface area contributed by atoms with Crippen molar-refractivity contribution in [1.82, 2.24) is 0 Å². The van der Waals surface area contributed by atoms with Crippen molar-refractivity contribution in [2.24, 2.45) is 0 Å². The van der Waals surface area contributed by atoms with E-state index >= 15 is 0 Å². The van der Waals surface area contributed by atoms with Crippen LogP contribution in [0.3, 0.4) is 0 Å². The molecule has 0 aromatic heterocycles. The van der Waals surface area contributed by atoms with Crippen LogP contribution in [0.15, 0.2) is 17.7 Å². The van der Waals surface area contributed by atoms with Crippen LogP contribution in [-0.2, 0) is 4.74 Å². The van der Waals surface area contributed by atoms with Crippen molar-refractivity contribution in [3.8, 4) is 17.6 Å².